The van der Waals surface area contributed by atoms with Crippen LogP contribution in [-0.2, 0) is 18.4 Å². The Kier molecular flexibility index (Phi) is 3.70. The zero-order valence-corrected chi connectivity index (χ0v) is 12.9. The summed E-state index contributed by atoms with van der Waals surface area (Å²) in [6.45, 7) is 5.61. The van der Waals surface area contributed by atoms with Crippen molar-refractivity contribution in [2.24, 2.45) is 0 Å². The third-order valence-electron chi connectivity index (χ3n) is 4.28. The highest BCUT2D eigenvalue weighted by Gasteiger charge is 2.44. The lowest BCUT2D eigenvalue weighted by Gasteiger charge is -2.31. The highest BCUT2D eigenvalue weighted by atomic mass is 32.2. The Morgan fingerprint density at radius 1 is 1.39 bits per heavy atom. The molecule has 1 saturated heterocycles. The highest BCUT2D eigenvalue weighted by Crippen LogP contribution is 2.45. The van der Waals surface area contributed by atoms with Gasteiger partial charge in [-0.2, -0.15) is 11.8 Å². The fraction of sp³-hybridized carbons (Fsp3) is 0.786. The van der Waals surface area contributed by atoms with Crippen LogP contribution < -0.4 is 5.32 Å². The van der Waals surface area contributed by atoms with Crippen molar-refractivity contribution in [1.29, 1.82) is 0 Å². The molecular formula is C14H22N2S2. The molecule has 2 aliphatic rings. The molecule has 2 nitrogen and oxygen atoms in total. The van der Waals surface area contributed by atoms with E-state index in [2.05, 4.69) is 30.9 Å². The predicted octanol–water partition coefficient (Wildman–Crippen LogP) is 3.35. The number of aryl methyl sites for hydroxylation is 2. The predicted molar refractivity (Wildman–Crippen MR) is 80.6 cm³/mol. The molecule has 1 aromatic heterocycles. The number of hydrogen-bond acceptors (Lipinski definition) is 4. The second-order valence-electron chi connectivity index (χ2n) is 5.36. The van der Waals surface area contributed by atoms with Crippen LogP contribution in [0.1, 0.15) is 48.7 Å². The van der Waals surface area contributed by atoms with Crippen molar-refractivity contribution < 1.29 is 0 Å². The van der Waals surface area contributed by atoms with Crippen LogP contribution in [0.5, 0.6) is 0 Å². The number of thioether (sulfide) groups is 1. The summed E-state index contributed by atoms with van der Waals surface area (Å²) in [6.07, 6.45) is 6.38. The number of nitrogens with zero attached hydrogens (tertiary/aromatic N) is 1. The maximum absolute atomic E-state index is 5.02. The molecule has 0 amide bonds. The second-order valence-corrected chi connectivity index (χ2v) is 7.89. The molecule has 2 atom stereocenters. The molecule has 100 valence electrons. The van der Waals surface area contributed by atoms with Crippen LogP contribution in [0.2, 0.25) is 0 Å². The largest absolute Gasteiger partial charge is 0.305 e. The lowest BCUT2D eigenvalue weighted by molar-refractivity contribution is 0.340. The minimum Gasteiger partial charge on any atom is -0.305 e. The molecule has 3 rings (SSSR count). The van der Waals surface area contributed by atoms with Crippen molar-refractivity contribution in [2.45, 2.75) is 56.7 Å². The minimum atomic E-state index is 0.154. The first kappa shape index (κ1) is 12.9. The van der Waals surface area contributed by atoms with Gasteiger partial charge in [0, 0.05) is 10.1 Å². The number of thiazole rings is 1. The van der Waals surface area contributed by atoms with E-state index in [1.807, 2.05) is 11.3 Å². The first-order valence-corrected chi connectivity index (χ1v) is 8.98. The second kappa shape index (κ2) is 5.14. The van der Waals surface area contributed by atoms with Crippen LogP contribution in [0.25, 0.3) is 0 Å². The van der Waals surface area contributed by atoms with E-state index >= 15 is 0 Å². The number of fused-ring (bicyclic) bond motifs is 1. The van der Waals surface area contributed by atoms with Gasteiger partial charge in [-0.3, -0.25) is 0 Å². The van der Waals surface area contributed by atoms with Crippen LogP contribution in [0, 0.1) is 0 Å². The van der Waals surface area contributed by atoms with E-state index in [9.17, 15) is 0 Å². The van der Waals surface area contributed by atoms with E-state index in [1.54, 1.807) is 4.88 Å². The van der Waals surface area contributed by atoms with Crippen molar-refractivity contribution in [3.05, 3.63) is 15.6 Å². The Hall–Kier alpha value is -0.0600. The molecule has 4 heteroatoms. The van der Waals surface area contributed by atoms with E-state index in [1.165, 1.54) is 48.6 Å². The minimum absolute atomic E-state index is 0.154. The molecule has 1 aliphatic heterocycles. The molecule has 2 unspecified atom stereocenters. The van der Waals surface area contributed by atoms with E-state index in [-0.39, 0.29) is 5.54 Å². The van der Waals surface area contributed by atoms with Gasteiger partial charge in [0.25, 0.3) is 0 Å². The van der Waals surface area contributed by atoms with Gasteiger partial charge in [-0.05, 0) is 44.4 Å². The molecule has 1 fully saturated rings. The van der Waals surface area contributed by atoms with Gasteiger partial charge in [0.1, 0.15) is 5.01 Å². The first-order chi connectivity index (χ1) is 8.76. The van der Waals surface area contributed by atoms with Crippen molar-refractivity contribution in [2.75, 3.05) is 12.3 Å². The van der Waals surface area contributed by atoms with Crippen LogP contribution in [0.15, 0.2) is 0 Å². The summed E-state index contributed by atoms with van der Waals surface area (Å²) >= 11 is 4.08. The lowest BCUT2D eigenvalue weighted by atomic mass is 9.93. The molecule has 0 bridgehead atoms. The van der Waals surface area contributed by atoms with Crippen molar-refractivity contribution in [3.63, 3.8) is 0 Å². The SMILES string of the molecule is CCNC1(c2nc3c(s2)CCCC3)CCSC1C. The quantitative estimate of drug-likeness (QED) is 0.920. The maximum atomic E-state index is 5.02. The molecule has 2 heterocycles. The summed E-state index contributed by atoms with van der Waals surface area (Å²) in [5, 5.41) is 5.77. The summed E-state index contributed by atoms with van der Waals surface area (Å²) in [5.74, 6) is 1.26. The van der Waals surface area contributed by atoms with Crippen molar-refractivity contribution >= 4 is 23.1 Å². The molecule has 1 aromatic rings. The van der Waals surface area contributed by atoms with Gasteiger partial charge in [0.2, 0.25) is 0 Å². The van der Waals surface area contributed by atoms with E-state index in [4.69, 9.17) is 4.98 Å². The summed E-state index contributed by atoms with van der Waals surface area (Å²) in [6, 6.07) is 0. The summed E-state index contributed by atoms with van der Waals surface area (Å²) in [5.41, 5.74) is 1.56. The Bertz CT molecular complexity index is 406. The summed E-state index contributed by atoms with van der Waals surface area (Å²) in [4.78, 5) is 6.58. The van der Waals surface area contributed by atoms with Crippen LogP contribution in [-0.4, -0.2) is 22.5 Å². The maximum Gasteiger partial charge on any atom is 0.114 e. The van der Waals surface area contributed by atoms with Gasteiger partial charge >= 0.3 is 0 Å². The Morgan fingerprint density at radius 2 is 2.22 bits per heavy atom. The van der Waals surface area contributed by atoms with Gasteiger partial charge in [-0.25, -0.2) is 4.98 Å². The van der Waals surface area contributed by atoms with E-state index in [0.717, 1.165) is 6.54 Å². The smallest absolute Gasteiger partial charge is 0.114 e. The van der Waals surface area contributed by atoms with Gasteiger partial charge in [0.05, 0.1) is 11.2 Å². The van der Waals surface area contributed by atoms with Crippen LogP contribution >= 0.6 is 23.1 Å². The summed E-state index contributed by atoms with van der Waals surface area (Å²) in [7, 11) is 0. The standard InChI is InChI=1S/C14H22N2S2/c1-3-15-14(8-9-17-10(14)2)13-16-11-6-4-5-7-12(11)18-13/h10,15H,3-9H2,1-2H3. The van der Waals surface area contributed by atoms with Gasteiger partial charge in [0.15, 0.2) is 0 Å². The Balaban J connectivity index is 1.97. The lowest BCUT2D eigenvalue weighted by Crippen LogP contribution is -2.46. The topological polar surface area (TPSA) is 24.9 Å². The molecular weight excluding hydrogens is 260 g/mol. The van der Waals surface area contributed by atoms with Gasteiger partial charge in [-0.1, -0.05) is 13.8 Å². The Morgan fingerprint density at radius 3 is 2.89 bits per heavy atom. The normalized spacial score (nSPS) is 31.6. The third kappa shape index (κ3) is 2.02. The average molecular weight is 282 g/mol. The van der Waals surface area contributed by atoms with Gasteiger partial charge in [-0.15, -0.1) is 11.3 Å². The molecule has 0 radical (unpaired) electrons. The molecule has 0 spiro atoms. The fourth-order valence-corrected chi connectivity index (χ4v) is 6.09. The molecule has 0 saturated carbocycles. The molecule has 1 aliphatic carbocycles. The van der Waals surface area contributed by atoms with Gasteiger partial charge < -0.3 is 5.32 Å². The number of rotatable bonds is 3. The van der Waals surface area contributed by atoms with E-state index < -0.39 is 0 Å². The van der Waals surface area contributed by atoms with Crippen molar-refractivity contribution in [3.8, 4) is 0 Å². The number of aromatic nitrogens is 1. The average Bonchev–Trinajstić information content (AvgIpc) is 2.95. The fourth-order valence-electron chi connectivity index (χ4n) is 3.19. The number of nitrogens with one attached hydrogen (secondary N) is 1. The third-order valence-corrected chi connectivity index (χ3v) is 6.95. The van der Waals surface area contributed by atoms with Crippen LogP contribution in [0.3, 0.4) is 0 Å². The molecule has 0 aromatic carbocycles. The van der Waals surface area contributed by atoms with Crippen molar-refractivity contribution in [1.82, 2.24) is 10.3 Å². The summed E-state index contributed by atoms with van der Waals surface area (Å²) < 4.78 is 0. The van der Waals surface area contributed by atoms with Crippen LogP contribution in [0.4, 0.5) is 0 Å². The molecule has 18 heavy (non-hydrogen) atoms. The molecule has 1 N–H and O–H groups in total. The number of hydrogen-bond donors (Lipinski definition) is 1. The zero-order chi connectivity index (χ0) is 12.6. The van der Waals surface area contributed by atoms with E-state index in [0.29, 0.717) is 5.25 Å². The monoisotopic (exact) mass is 282 g/mol. The zero-order valence-electron chi connectivity index (χ0n) is 11.3. The Labute approximate surface area is 118 Å². The first-order valence-electron chi connectivity index (χ1n) is 7.12. The highest BCUT2D eigenvalue weighted by molar-refractivity contribution is 8.00.